The van der Waals surface area contributed by atoms with E-state index in [4.69, 9.17) is 16.3 Å². The van der Waals surface area contributed by atoms with Crippen LogP contribution >= 0.6 is 11.6 Å². The van der Waals surface area contributed by atoms with Crippen LogP contribution in [0.4, 0.5) is 0 Å². The van der Waals surface area contributed by atoms with Crippen molar-refractivity contribution in [2.75, 3.05) is 32.8 Å². The summed E-state index contributed by atoms with van der Waals surface area (Å²) in [5, 5.41) is 0.217. The number of sulfonamides is 1. The Hall–Kier alpha value is -1.44. The molecule has 1 atom stereocenters. The number of aryl methyl sites for hydroxylation is 1. The van der Waals surface area contributed by atoms with Gasteiger partial charge >= 0.3 is 0 Å². The van der Waals surface area contributed by atoms with Gasteiger partial charge in [0, 0.05) is 19.6 Å². The van der Waals surface area contributed by atoms with Crippen LogP contribution in [0.5, 0.6) is 0 Å². The summed E-state index contributed by atoms with van der Waals surface area (Å²) >= 11 is 6.10. The number of ether oxygens (including phenoxy) is 1. The van der Waals surface area contributed by atoms with Crippen LogP contribution in [-0.4, -0.2) is 46.2 Å². The van der Waals surface area contributed by atoms with Gasteiger partial charge in [-0.3, -0.25) is 4.90 Å². The highest BCUT2D eigenvalue weighted by Crippen LogP contribution is 2.24. The van der Waals surface area contributed by atoms with Crippen molar-refractivity contribution in [3.63, 3.8) is 0 Å². The molecule has 1 fully saturated rings. The van der Waals surface area contributed by atoms with Crippen LogP contribution in [-0.2, 0) is 14.8 Å². The smallest absolute Gasteiger partial charge is 0.242 e. The lowest BCUT2D eigenvalue weighted by atomic mass is 10.1. The van der Waals surface area contributed by atoms with Gasteiger partial charge in [0.25, 0.3) is 0 Å². The highest BCUT2D eigenvalue weighted by atomic mass is 35.5. The van der Waals surface area contributed by atoms with Gasteiger partial charge in [-0.05, 0) is 24.6 Å². The molecule has 3 rings (SSSR count). The summed E-state index contributed by atoms with van der Waals surface area (Å²) in [5.41, 5.74) is 2.06. The first-order valence-corrected chi connectivity index (χ1v) is 10.5. The Morgan fingerprint density at radius 2 is 1.77 bits per heavy atom. The Balaban J connectivity index is 1.87. The first-order valence-electron chi connectivity index (χ1n) is 8.59. The number of halogens is 1. The van der Waals surface area contributed by atoms with Gasteiger partial charge in [0.15, 0.2) is 0 Å². The Morgan fingerprint density at radius 1 is 1.12 bits per heavy atom. The summed E-state index contributed by atoms with van der Waals surface area (Å²) in [5.74, 6) is 0. The van der Waals surface area contributed by atoms with E-state index < -0.39 is 10.0 Å². The zero-order valence-electron chi connectivity index (χ0n) is 14.7. The van der Waals surface area contributed by atoms with Gasteiger partial charge in [-0.2, -0.15) is 0 Å². The van der Waals surface area contributed by atoms with Gasteiger partial charge in [-0.25, -0.2) is 13.1 Å². The van der Waals surface area contributed by atoms with E-state index in [1.54, 1.807) is 18.2 Å². The average molecular weight is 395 g/mol. The van der Waals surface area contributed by atoms with Crippen molar-refractivity contribution in [1.29, 1.82) is 0 Å². The van der Waals surface area contributed by atoms with Crippen LogP contribution in [0.25, 0.3) is 0 Å². The van der Waals surface area contributed by atoms with Gasteiger partial charge in [0.2, 0.25) is 10.0 Å². The van der Waals surface area contributed by atoms with E-state index in [9.17, 15) is 8.42 Å². The van der Waals surface area contributed by atoms with E-state index in [1.165, 1.54) is 6.07 Å². The highest BCUT2D eigenvalue weighted by Gasteiger charge is 2.25. The molecular formula is C19H23ClN2O3S. The van der Waals surface area contributed by atoms with E-state index in [0.717, 1.165) is 24.2 Å². The van der Waals surface area contributed by atoms with Gasteiger partial charge < -0.3 is 4.74 Å². The van der Waals surface area contributed by atoms with Crippen molar-refractivity contribution >= 4 is 21.6 Å². The van der Waals surface area contributed by atoms with E-state index in [0.29, 0.717) is 19.8 Å². The number of nitrogens with zero attached hydrogens (tertiary/aromatic N) is 1. The summed E-state index contributed by atoms with van der Waals surface area (Å²) in [4.78, 5) is 2.31. The molecule has 7 heteroatoms. The number of benzene rings is 2. The minimum absolute atomic E-state index is 0.0979. The number of morpholine rings is 1. The molecule has 0 saturated carbocycles. The molecule has 0 bridgehead atoms. The van der Waals surface area contributed by atoms with Crippen molar-refractivity contribution in [3.8, 4) is 0 Å². The lowest BCUT2D eigenvalue weighted by molar-refractivity contribution is 0.0345. The van der Waals surface area contributed by atoms with Gasteiger partial charge in [-0.15, -0.1) is 0 Å². The minimum Gasteiger partial charge on any atom is -0.379 e. The second-order valence-corrected chi connectivity index (χ2v) is 8.52. The number of hydrogen-bond donors (Lipinski definition) is 1. The molecule has 0 aliphatic carbocycles. The standard InChI is InChI=1S/C19H23ClN2O3S/c1-15-6-8-16(9-7-15)18(14-22-10-12-25-13-11-22)21-26(23,24)19-5-3-2-4-17(19)20/h2-9,18,21H,10-14H2,1H3/t18-/m0/s1. The molecule has 26 heavy (non-hydrogen) atoms. The number of nitrogens with one attached hydrogen (secondary N) is 1. The largest absolute Gasteiger partial charge is 0.379 e. The summed E-state index contributed by atoms with van der Waals surface area (Å²) in [6.07, 6.45) is 0. The molecule has 1 N–H and O–H groups in total. The third kappa shape index (κ3) is 4.84. The zero-order chi connectivity index (χ0) is 18.6. The second-order valence-electron chi connectivity index (χ2n) is 6.43. The number of hydrogen-bond acceptors (Lipinski definition) is 4. The first kappa shape index (κ1) is 19.3. The molecule has 1 aliphatic heterocycles. The highest BCUT2D eigenvalue weighted by molar-refractivity contribution is 7.89. The van der Waals surface area contributed by atoms with Gasteiger partial charge in [-0.1, -0.05) is 53.6 Å². The maximum atomic E-state index is 12.9. The van der Waals surface area contributed by atoms with Crippen molar-refractivity contribution in [3.05, 3.63) is 64.7 Å². The minimum atomic E-state index is -3.74. The molecule has 0 amide bonds. The van der Waals surface area contributed by atoms with Crippen LogP contribution in [0, 0.1) is 6.92 Å². The van der Waals surface area contributed by atoms with E-state index in [-0.39, 0.29) is 16.0 Å². The maximum absolute atomic E-state index is 12.9. The number of rotatable bonds is 6. The maximum Gasteiger partial charge on any atom is 0.242 e. The van der Waals surface area contributed by atoms with Gasteiger partial charge in [0.05, 0.1) is 24.3 Å². The van der Waals surface area contributed by atoms with Crippen molar-refractivity contribution < 1.29 is 13.2 Å². The second kappa shape index (κ2) is 8.50. The predicted molar refractivity (Wildman–Crippen MR) is 103 cm³/mol. The summed E-state index contributed by atoms with van der Waals surface area (Å²) in [6, 6.07) is 14.0. The van der Waals surface area contributed by atoms with Crippen molar-refractivity contribution in [2.45, 2.75) is 17.9 Å². The Labute approximate surface area is 160 Å². The molecule has 0 spiro atoms. The molecule has 0 aromatic heterocycles. The van der Waals surface area contributed by atoms with Crippen LogP contribution in [0.15, 0.2) is 53.4 Å². The molecule has 1 aliphatic rings. The van der Waals surface area contributed by atoms with E-state index in [1.807, 2.05) is 31.2 Å². The zero-order valence-corrected chi connectivity index (χ0v) is 16.3. The third-order valence-corrected chi connectivity index (χ3v) is 6.42. The fourth-order valence-electron chi connectivity index (χ4n) is 2.96. The van der Waals surface area contributed by atoms with Crippen LogP contribution in [0.2, 0.25) is 5.02 Å². The molecule has 2 aromatic rings. The lowest BCUT2D eigenvalue weighted by Crippen LogP contribution is -2.43. The first-order chi connectivity index (χ1) is 12.5. The molecular weight excluding hydrogens is 372 g/mol. The Bertz CT molecular complexity index is 834. The SMILES string of the molecule is Cc1ccc([C@H](CN2CCOCC2)NS(=O)(=O)c2ccccc2Cl)cc1. The predicted octanol–water partition coefficient (Wildman–Crippen LogP) is 3.00. The fraction of sp³-hybridized carbons (Fsp3) is 0.368. The molecule has 1 heterocycles. The lowest BCUT2D eigenvalue weighted by Gasteiger charge is -2.31. The quantitative estimate of drug-likeness (QED) is 0.818. The summed E-state index contributed by atoms with van der Waals surface area (Å²) < 4.78 is 34.0. The fourth-order valence-corrected chi connectivity index (χ4v) is 4.70. The van der Waals surface area contributed by atoms with Crippen LogP contribution < -0.4 is 4.72 Å². The molecule has 5 nitrogen and oxygen atoms in total. The van der Waals surface area contributed by atoms with Crippen molar-refractivity contribution in [2.24, 2.45) is 0 Å². The molecule has 1 saturated heterocycles. The normalized spacial score (nSPS) is 17.2. The van der Waals surface area contributed by atoms with Gasteiger partial charge in [0.1, 0.15) is 4.90 Å². The third-order valence-electron chi connectivity index (χ3n) is 4.45. The topological polar surface area (TPSA) is 58.6 Å². The van der Waals surface area contributed by atoms with E-state index >= 15 is 0 Å². The Kier molecular flexibility index (Phi) is 6.32. The molecule has 0 unspecified atom stereocenters. The summed E-state index contributed by atoms with van der Waals surface area (Å²) in [7, 11) is -3.74. The Morgan fingerprint density at radius 3 is 2.42 bits per heavy atom. The molecule has 0 radical (unpaired) electrons. The monoisotopic (exact) mass is 394 g/mol. The average Bonchev–Trinajstić information content (AvgIpc) is 2.63. The van der Waals surface area contributed by atoms with Crippen molar-refractivity contribution in [1.82, 2.24) is 9.62 Å². The van der Waals surface area contributed by atoms with Crippen LogP contribution in [0.3, 0.4) is 0 Å². The van der Waals surface area contributed by atoms with E-state index in [2.05, 4.69) is 9.62 Å². The van der Waals surface area contributed by atoms with Crippen LogP contribution in [0.1, 0.15) is 17.2 Å². The molecule has 2 aromatic carbocycles. The summed E-state index contributed by atoms with van der Waals surface area (Å²) in [6.45, 7) is 5.49. The molecule has 140 valence electrons.